The van der Waals surface area contributed by atoms with E-state index in [0.29, 0.717) is 17.4 Å². The summed E-state index contributed by atoms with van der Waals surface area (Å²) in [7, 11) is 5.97. The van der Waals surface area contributed by atoms with Crippen LogP contribution in [0.4, 0.5) is 0 Å². The highest BCUT2D eigenvalue weighted by Gasteiger charge is 2.25. The minimum absolute atomic E-state index is 0.179. The summed E-state index contributed by atoms with van der Waals surface area (Å²) >= 11 is 0. The Balaban J connectivity index is 4.14. The average Bonchev–Trinajstić information content (AvgIpc) is 3.34. The van der Waals surface area contributed by atoms with Gasteiger partial charge in [0, 0.05) is 12.8 Å². The van der Waals surface area contributed by atoms with Crippen molar-refractivity contribution in [3.63, 3.8) is 0 Å². The molecule has 0 rings (SSSR count). The summed E-state index contributed by atoms with van der Waals surface area (Å²) < 4.78 is 22.9. The van der Waals surface area contributed by atoms with Gasteiger partial charge in [0.2, 0.25) is 0 Å². The summed E-state index contributed by atoms with van der Waals surface area (Å²) in [6.07, 6.45) is 64.4. The SMILES string of the molecule is CC/C=C\C/C=C\C/C=C\C/C=C\C/C=C\CCCCCCCCCCCCCCCCCC(=O)OC(COC(=O)CCCCCCCCCCCCCCCCC)COC(OCC[N+](C)(C)C)C(=O)O. The molecule has 0 heterocycles. The summed E-state index contributed by atoms with van der Waals surface area (Å²) in [5, 5.41) is 9.70. The molecule has 0 spiro atoms. The van der Waals surface area contributed by atoms with E-state index in [1.54, 1.807) is 0 Å². The highest BCUT2D eigenvalue weighted by Crippen LogP contribution is 2.17. The zero-order chi connectivity index (χ0) is 52.0. The Morgan fingerprint density at radius 1 is 0.437 bits per heavy atom. The van der Waals surface area contributed by atoms with Crippen molar-refractivity contribution in [1.29, 1.82) is 0 Å². The molecule has 0 bridgehead atoms. The number of carbonyl (C=O) groups is 3. The second-order valence-corrected chi connectivity index (χ2v) is 20.9. The highest BCUT2D eigenvalue weighted by atomic mass is 16.7. The van der Waals surface area contributed by atoms with Crippen molar-refractivity contribution in [2.45, 2.75) is 270 Å². The first-order valence-electron chi connectivity index (χ1n) is 29.5. The molecular weight excluding hydrogens is 887 g/mol. The van der Waals surface area contributed by atoms with Gasteiger partial charge in [0.05, 0.1) is 34.4 Å². The van der Waals surface area contributed by atoms with Gasteiger partial charge in [0.25, 0.3) is 6.29 Å². The first-order valence-corrected chi connectivity index (χ1v) is 29.5. The Kier molecular flexibility index (Phi) is 51.0. The maximum Gasteiger partial charge on any atom is 0.361 e. The number of quaternary nitrogens is 1. The molecule has 0 saturated heterocycles. The fraction of sp³-hybridized carbons (Fsp3) is 0.790. The zero-order valence-corrected chi connectivity index (χ0v) is 46.9. The van der Waals surface area contributed by atoms with Crippen LogP contribution in [0.15, 0.2) is 60.8 Å². The van der Waals surface area contributed by atoms with E-state index < -0.39 is 24.3 Å². The van der Waals surface area contributed by atoms with Crippen molar-refractivity contribution >= 4 is 17.9 Å². The van der Waals surface area contributed by atoms with E-state index in [0.717, 1.165) is 70.6 Å². The zero-order valence-electron chi connectivity index (χ0n) is 46.9. The van der Waals surface area contributed by atoms with E-state index in [4.69, 9.17) is 18.9 Å². The van der Waals surface area contributed by atoms with Gasteiger partial charge in [-0.1, -0.05) is 248 Å². The van der Waals surface area contributed by atoms with E-state index >= 15 is 0 Å². The number of hydrogen-bond donors (Lipinski definition) is 1. The monoisotopic (exact) mass is 999 g/mol. The number of carboxylic acids is 1. The predicted molar refractivity (Wildman–Crippen MR) is 300 cm³/mol. The van der Waals surface area contributed by atoms with Crippen LogP contribution < -0.4 is 0 Å². The van der Waals surface area contributed by atoms with Crippen LogP contribution in [-0.2, 0) is 33.3 Å². The standard InChI is InChI=1S/C62H111NO8/c1-6-8-10-12-14-16-18-20-22-23-24-25-26-27-28-29-30-31-32-33-34-35-36-37-39-41-43-45-47-49-51-53-60(65)71-58(57-70-62(61(66)67)68-55-54-63(3,4)5)56-69-59(64)52-50-48-46-44-42-40-38-21-19-17-15-13-11-9-7-2/h8,10,14,16,20,22,24-25,27-28,58,62H,6-7,9,11-13,15,17-19,21,23,26,29-57H2,1-5H3/p+1/b10-8-,16-14-,22-20-,25-24-,28-27-. The van der Waals surface area contributed by atoms with E-state index in [1.165, 1.54) is 161 Å². The molecule has 412 valence electrons. The smallest absolute Gasteiger partial charge is 0.361 e. The van der Waals surface area contributed by atoms with Gasteiger partial charge < -0.3 is 28.5 Å². The number of ether oxygens (including phenoxy) is 4. The normalized spacial score (nSPS) is 13.2. The van der Waals surface area contributed by atoms with E-state index in [1.807, 2.05) is 21.1 Å². The lowest BCUT2D eigenvalue weighted by Gasteiger charge is -2.25. The Hall–Kier alpha value is -3.01. The van der Waals surface area contributed by atoms with Gasteiger partial charge in [-0.2, -0.15) is 0 Å². The Morgan fingerprint density at radius 3 is 1.20 bits per heavy atom. The van der Waals surface area contributed by atoms with Gasteiger partial charge in [-0.05, 0) is 57.8 Å². The molecule has 0 radical (unpaired) electrons. The van der Waals surface area contributed by atoms with Crippen LogP contribution >= 0.6 is 0 Å². The van der Waals surface area contributed by atoms with Gasteiger partial charge in [0.15, 0.2) is 6.10 Å². The molecule has 1 N–H and O–H groups in total. The van der Waals surface area contributed by atoms with Gasteiger partial charge in [0.1, 0.15) is 13.2 Å². The number of rotatable bonds is 54. The summed E-state index contributed by atoms with van der Waals surface area (Å²) in [6, 6.07) is 0. The van der Waals surface area contributed by atoms with Crippen LogP contribution in [0.25, 0.3) is 0 Å². The maximum atomic E-state index is 12.9. The fourth-order valence-electron chi connectivity index (χ4n) is 8.28. The number of hydrogen-bond acceptors (Lipinski definition) is 7. The molecule has 2 unspecified atom stereocenters. The van der Waals surface area contributed by atoms with Crippen LogP contribution in [0.1, 0.15) is 258 Å². The molecule has 0 aliphatic rings. The first-order chi connectivity index (χ1) is 34.6. The molecule has 9 heteroatoms. The second kappa shape index (κ2) is 53.3. The molecule has 0 aliphatic carbocycles. The summed E-state index contributed by atoms with van der Waals surface area (Å²) in [4.78, 5) is 37.4. The van der Waals surface area contributed by atoms with Gasteiger partial charge >= 0.3 is 17.9 Å². The lowest BCUT2D eigenvalue weighted by molar-refractivity contribution is -0.870. The number of likely N-dealkylation sites (N-methyl/N-ethyl adjacent to an activating group) is 1. The molecular formula is C62H112NO8+. The van der Waals surface area contributed by atoms with Crippen LogP contribution in [0.3, 0.4) is 0 Å². The largest absolute Gasteiger partial charge is 0.477 e. The molecule has 71 heavy (non-hydrogen) atoms. The third kappa shape index (κ3) is 54.6. The summed E-state index contributed by atoms with van der Waals surface area (Å²) in [5.41, 5.74) is 0. The third-order valence-corrected chi connectivity index (χ3v) is 12.8. The molecule has 0 aliphatic heterocycles. The van der Waals surface area contributed by atoms with Crippen molar-refractivity contribution in [1.82, 2.24) is 0 Å². The molecule has 0 aromatic carbocycles. The lowest BCUT2D eigenvalue weighted by Crippen LogP contribution is -2.40. The number of nitrogens with zero attached hydrogens (tertiary/aromatic N) is 1. The van der Waals surface area contributed by atoms with Crippen molar-refractivity contribution in [3.8, 4) is 0 Å². The Labute approximate surface area is 437 Å². The lowest BCUT2D eigenvalue weighted by atomic mass is 10.0. The number of carboxylic acid groups (broad SMARTS) is 1. The number of allylic oxidation sites excluding steroid dienone is 10. The minimum Gasteiger partial charge on any atom is -0.477 e. The molecule has 0 amide bonds. The average molecular weight is 1000 g/mol. The highest BCUT2D eigenvalue weighted by molar-refractivity contribution is 5.71. The van der Waals surface area contributed by atoms with Gasteiger partial charge in [-0.25, -0.2) is 4.79 Å². The molecule has 0 aromatic heterocycles. The number of unbranched alkanes of at least 4 members (excludes halogenated alkanes) is 29. The van der Waals surface area contributed by atoms with Crippen LogP contribution in [-0.4, -0.2) is 87.4 Å². The van der Waals surface area contributed by atoms with E-state index in [-0.39, 0.29) is 32.2 Å². The topological polar surface area (TPSA) is 108 Å². The number of aliphatic carboxylic acids is 1. The molecule has 9 nitrogen and oxygen atoms in total. The third-order valence-electron chi connectivity index (χ3n) is 12.8. The van der Waals surface area contributed by atoms with Crippen molar-refractivity contribution in [2.24, 2.45) is 0 Å². The van der Waals surface area contributed by atoms with Gasteiger partial charge in [-0.3, -0.25) is 9.59 Å². The molecule has 2 atom stereocenters. The van der Waals surface area contributed by atoms with Gasteiger partial charge in [-0.15, -0.1) is 0 Å². The minimum atomic E-state index is -1.51. The Morgan fingerprint density at radius 2 is 0.803 bits per heavy atom. The maximum absolute atomic E-state index is 12.9. The van der Waals surface area contributed by atoms with Crippen molar-refractivity contribution in [2.75, 3.05) is 47.5 Å². The first kappa shape index (κ1) is 68.0. The van der Waals surface area contributed by atoms with E-state index in [2.05, 4.69) is 74.6 Å². The van der Waals surface area contributed by atoms with E-state index in [9.17, 15) is 19.5 Å². The van der Waals surface area contributed by atoms with Crippen LogP contribution in [0.5, 0.6) is 0 Å². The fourth-order valence-corrected chi connectivity index (χ4v) is 8.28. The second-order valence-electron chi connectivity index (χ2n) is 20.9. The van der Waals surface area contributed by atoms with Crippen LogP contribution in [0, 0.1) is 0 Å². The molecule has 0 fully saturated rings. The number of carbonyl (C=O) groups excluding carboxylic acids is 2. The predicted octanol–water partition coefficient (Wildman–Crippen LogP) is 17.2. The van der Waals surface area contributed by atoms with Crippen molar-refractivity contribution in [3.05, 3.63) is 60.8 Å². The van der Waals surface area contributed by atoms with Crippen LogP contribution in [0.2, 0.25) is 0 Å². The summed E-state index contributed by atoms with van der Waals surface area (Å²) in [6.45, 7) is 4.79. The quantitative estimate of drug-likeness (QED) is 0.0211. The van der Waals surface area contributed by atoms with Crippen molar-refractivity contribution < 1.29 is 42.9 Å². The molecule has 0 saturated carbocycles. The summed E-state index contributed by atoms with van der Waals surface area (Å²) in [5.74, 6) is -1.99. The number of esters is 2. The molecule has 0 aromatic rings. The Bertz CT molecular complexity index is 1350.